The Balaban J connectivity index is 2.07. The van der Waals surface area contributed by atoms with Gasteiger partial charge in [-0.2, -0.15) is 0 Å². The number of hydrogen-bond acceptors (Lipinski definition) is 4. The van der Waals surface area contributed by atoms with Crippen LogP contribution in [0.3, 0.4) is 0 Å². The Labute approximate surface area is 141 Å². The third-order valence-corrected chi connectivity index (χ3v) is 3.92. The van der Waals surface area contributed by atoms with Gasteiger partial charge in [-0.25, -0.2) is 9.97 Å². The van der Waals surface area contributed by atoms with E-state index in [-0.39, 0.29) is 5.95 Å². The van der Waals surface area contributed by atoms with Gasteiger partial charge in [0.15, 0.2) is 0 Å². The summed E-state index contributed by atoms with van der Waals surface area (Å²) in [7, 11) is 0. The van der Waals surface area contributed by atoms with Gasteiger partial charge >= 0.3 is 0 Å². The Morgan fingerprint density at radius 3 is 2.57 bits per heavy atom. The van der Waals surface area contributed by atoms with Crippen molar-refractivity contribution < 1.29 is 5.11 Å². The van der Waals surface area contributed by atoms with Crippen LogP contribution in [-0.4, -0.2) is 20.8 Å². The van der Waals surface area contributed by atoms with Gasteiger partial charge in [-0.15, -0.1) is 0 Å². The zero-order valence-corrected chi connectivity index (χ0v) is 13.6. The van der Waals surface area contributed by atoms with Crippen molar-refractivity contribution in [3.05, 3.63) is 76.1 Å². The summed E-state index contributed by atoms with van der Waals surface area (Å²) in [6.45, 7) is 0. The molecule has 0 saturated heterocycles. The number of benzene rings is 1. The van der Waals surface area contributed by atoms with E-state index in [0.29, 0.717) is 22.7 Å². The standard InChI is InChI=1S/C17H13BrN4O/c18-12-4-1-10(2-5-12)16(23)13-9-11(3-6-14(13)19)15-7-8-21-17(20)22-15/h1-9,19,23H,(H2,20,21,22)/p+1/b16-13-,19-14?. The van der Waals surface area contributed by atoms with Crippen LogP contribution in [-0.2, 0) is 0 Å². The minimum absolute atomic E-state index is 0.196. The van der Waals surface area contributed by atoms with Crippen molar-refractivity contribution in [2.24, 2.45) is 0 Å². The number of nitrogens with one attached hydrogen (secondary N) is 1. The van der Waals surface area contributed by atoms with Crippen molar-refractivity contribution >= 4 is 38.9 Å². The van der Waals surface area contributed by atoms with E-state index in [2.05, 4.69) is 25.9 Å². The maximum Gasteiger partial charge on any atom is 0.270 e. The van der Waals surface area contributed by atoms with Gasteiger partial charge in [0, 0.05) is 16.2 Å². The molecule has 1 aromatic heterocycles. The maximum absolute atomic E-state index is 8.39. The van der Waals surface area contributed by atoms with E-state index in [4.69, 9.17) is 16.2 Å². The van der Waals surface area contributed by atoms with Crippen LogP contribution in [0.4, 0.5) is 5.95 Å². The van der Waals surface area contributed by atoms with Gasteiger partial charge in [0.2, 0.25) is 5.95 Å². The molecule has 2 aromatic rings. The largest absolute Gasteiger partial charge is 0.592 e. The number of nitrogens with zero attached hydrogens (tertiary/aromatic N) is 2. The molecule has 0 saturated carbocycles. The van der Waals surface area contributed by atoms with Gasteiger partial charge in [0.05, 0.1) is 22.5 Å². The number of aromatic nitrogens is 2. The summed E-state index contributed by atoms with van der Waals surface area (Å²) in [5.74, 6) is 0.494. The highest BCUT2D eigenvalue weighted by molar-refractivity contribution is 9.10. The highest BCUT2D eigenvalue weighted by Gasteiger charge is 2.19. The highest BCUT2D eigenvalue weighted by atomic mass is 79.9. The van der Waals surface area contributed by atoms with Crippen LogP contribution in [0.1, 0.15) is 11.3 Å². The fourth-order valence-electron chi connectivity index (χ4n) is 2.22. The fraction of sp³-hybridized carbons (Fsp3) is 0. The van der Waals surface area contributed by atoms with Crippen molar-refractivity contribution in [2.45, 2.75) is 0 Å². The molecule has 114 valence electrons. The van der Waals surface area contributed by atoms with Crippen LogP contribution in [0.15, 0.2) is 64.8 Å². The summed E-state index contributed by atoms with van der Waals surface area (Å²) in [6.07, 6.45) is 6.83. The molecule has 6 heteroatoms. The fourth-order valence-corrected chi connectivity index (χ4v) is 2.48. The van der Waals surface area contributed by atoms with E-state index >= 15 is 0 Å². The zero-order valence-electron chi connectivity index (χ0n) is 12.0. The molecule has 0 radical (unpaired) electrons. The normalized spacial score (nSPS) is 16.2. The number of allylic oxidation sites excluding steroid dienone is 5. The molecular weight excluding hydrogens is 356 g/mol. The van der Waals surface area contributed by atoms with Gasteiger partial charge in [-0.1, -0.05) is 22.0 Å². The summed E-state index contributed by atoms with van der Waals surface area (Å²) in [4.78, 5) is 8.07. The molecule has 0 spiro atoms. The lowest BCUT2D eigenvalue weighted by atomic mass is 9.95. The molecule has 23 heavy (non-hydrogen) atoms. The van der Waals surface area contributed by atoms with Gasteiger partial charge in [-0.05, 0) is 42.5 Å². The van der Waals surface area contributed by atoms with E-state index in [1.165, 1.54) is 0 Å². The average molecular weight is 370 g/mol. The average Bonchev–Trinajstić information content (AvgIpc) is 2.55. The van der Waals surface area contributed by atoms with Crippen molar-refractivity contribution in [3.63, 3.8) is 0 Å². The Kier molecular flexibility index (Phi) is 4.08. The van der Waals surface area contributed by atoms with Crippen LogP contribution >= 0.6 is 15.9 Å². The SMILES string of the molecule is N=C1C=CC(c2ccnc(N)n2)=C/C1=C(/[OH2+])c1ccc(Br)cc1. The summed E-state index contributed by atoms with van der Waals surface area (Å²) in [5, 5.41) is 16.5. The van der Waals surface area contributed by atoms with Crippen LogP contribution < -0.4 is 5.73 Å². The van der Waals surface area contributed by atoms with E-state index in [9.17, 15) is 0 Å². The first-order valence-corrected chi connectivity index (χ1v) is 7.63. The summed E-state index contributed by atoms with van der Waals surface area (Å²) in [5.41, 5.74) is 8.68. The number of nitrogens with two attached hydrogens (primary N) is 1. The van der Waals surface area contributed by atoms with Gasteiger partial charge in [0.1, 0.15) is 0 Å². The second kappa shape index (κ2) is 6.18. The molecule has 0 bridgehead atoms. The lowest BCUT2D eigenvalue weighted by molar-refractivity contribution is 0.510. The van der Waals surface area contributed by atoms with E-state index in [1.54, 1.807) is 30.5 Å². The molecule has 0 atom stereocenters. The Morgan fingerprint density at radius 1 is 1.13 bits per heavy atom. The van der Waals surface area contributed by atoms with E-state index in [0.717, 1.165) is 15.6 Å². The van der Waals surface area contributed by atoms with Gasteiger partial charge in [-0.3, -0.25) is 5.41 Å². The molecule has 0 unspecified atom stereocenters. The van der Waals surface area contributed by atoms with Gasteiger partial charge < -0.3 is 10.8 Å². The van der Waals surface area contributed by atoms with Crippen molar-refractivity contribution in [2.75, 3.05) is 5.73 Å². The molecule has 0 fully saturated rings. The first-order valence-electron chi connectivity index (χ1n) is 6.84. The first-order chi connectivity index (χ1) is 11.0. The lowest BCUT2D eigenvalue weighted by Crippen LogP contribution is -2.06. The molecule has 1 heterocycles. The molecule has 5 nitrogen and oxygen atoms in total. The Hall–Kier alpha value is -2.73. The summed E-state index contributed by atoms with van der Waals surface area (Å²) in [6, 6.07) is 9.20. The van der Waals surface area contributed by atoms with Crippen molar-refractivity contribution in [1.82, 2.24) is 9.97 Å². The maximum atomic E-state index is 8.39. The van der Waals surface area contributed by atoms with Crippen LogP contribution in [0.25, 0.3) is 11.3 Å². The number of anilines is 1. The smallest absolute Gasteiger partial charge is 0.270 e. The minimum Gasteiger partial charge on any atom is -0.592 e. The minimum atomic E-state index is 0.196. The number of nitrogen functional groups attached to an aromatic ring is 1. The number of hydrogen-bond donors (Lipinski definition) is 2. The zero-order chi connectivity index (χ0) is 16.4. The molecule has 5 N–H and O–H groups in total. The van der Waals surface area contributed by atoms with Gasteiger partial charge in [0.25, 0.3) is 5.76 Å². The first kappa shape index (κ1) is 15.2. The third-order valence-electron chi connectivity index (χ3n) is 3.39. The number of rotatable bonds is 2. The highest BCUT2D eigenvalue weighted by Crippen LogP contribution is 2.27. The predicted molar refractivity (Wildman–Crippen MR) is 96.0 cm³/mol. The monoisotopic (exact) mass is 369 g/mol. The molecule has 3 rings (SSSR count). The molecule has 1 aliphatic carbocycles. The van der Waals surface area contributed by atoms with Crippen molar-refractivity contribution in [3.8, 4) is 0 Å². The predicted octanol–water partition coefficient (Wildman–Crippen LogP) is 2.93. The Bertz CT molecular complexity index is 866. The molecule has 1 aromatic carbocycles. The molecule has 0 aliphatic heterocycles. The molecule has 0 amide bonds. The molecule has 1 aliphatic rings. The quantitative estimate of drug-likeness (QED) is 0.628. The topological polar surface area (TPSA) is 98.6 Å². The second-order valence-electron chi connectivity index (χ2n) is 4.94. The summed E-state index contributed by atoms with van der Waals surface area (Å²) >= 11 is 3.38. The Morgan fingerprint density at radius 2 is 1.87 bits per heavy atom. The van der Waals surface area contributed by atoms with E-state index in [1.807, 2.05) is 24.3 Å². The third kappa shape index (κ3) is 3.22. The lowest BCUT2D eigenvalue weighted by Gasteiger charge is -2.11. The molecular formula is C17H14BrN4O+. The van der Waals surface area contributed by atoms with Crippen molar-refractivity contribution in [1.29, 1.82) is 5.41 Å². The number of halogens is 1. The van der Waals surface area contributed by atoms with Crippen LogP contribution in [0.5, 0.6) is 0 Å². The van der Waals surface area contributed by atoms with Crippen LogP contribution in [0, 0.1) is 5.41 Å². The van der Waals surface area contributed by atoms with Crippen LogP contribution in [0.2, 0.25) is 0 Å². The second-order valence-corrected chi connectivity index (χ2v) is 5.86. The van der Waals surface area contributed by atoms with E-state index < -0.39 is 0 Å². The summed E-state index contributed by atoms with van der Waals surface area (Å²) < 4.78 is 0.949.